The molecule has 0 saturated carbocycles. The Morgan fingerprint density at radius 2 is 1.35 bits per heavy atom. The fourth-order valence-corrected chi connectivity index (χ4v) is 6.25. The van der Waals surface area contributed by atoms with E-state index in [2.05, 4.69) is 57.6 Å². The predicted molar refractivity (Wildman–Crippen MR) is 192 cm³/mol. The quantitative estimate of drug-likeness (QED) is 0.166. The first-order valence-electron chi connectivity index (χ1n) is 15.7. The van der Waals surface area contributed by atoms with E-state index in [1.807, 2.05) is 120 Å². The molecule has 0 aliphatic carbocycles. The molecule has 4 heterocycles. The first-order valence-corrected chi connectivity index (χ1v) is 15.7. The molecule has 49 heavy (non-hydrogen) atoms. The summed E-state index contributed by atoms with van der Waals surface area (Å²) < 4.78 is 8.65. The maximum absolute atomic E-state index is 6.61. The molecule has 10 aromatic rings. The van der Waals surface area contributed by atoms with Crippen molar-refractivity contribution in [1.82, 2.24) is 24.7 Å². The summed E-state index contributed by atoms with van der Waals surface area (Å²) in [6, 6.07) is 54.9. The molecule has 4 aromatic heterocycles. The van der Waals surface area contributed by atoms with Crippen molar-refractivity contribution in [3.05, 3.63) is 164 Å². The molecule has 0 aliphatic rings. The average Bonchev–Trinajstić information content (AvgIpc) is 3.76. The second kappa shape index (κ2) is 12.9. The smallest absolute Gasteiger partial charge is 0.178 e. The van der Waals surface area contributed by atoms with Gasteiger partial charge in [-0.25, -0.2) is 0 Å². The molecular formula is C42H25IrN5O-2. The Labute approximate surface area is 295 Å². The van der Waals surface area contributed by atoms with Gasteiger partial charge in [-0.3, -0.25) is 4.98 Å². The maximum Gasteiger partial charge on any atom is 0.178 e. The minimum atomic E-state index is 0. The van der Waals surface area contributed by atoms with Gasteiger partial charge in [-0.2, -0.15) is 0 Å². The molecule has 0 bridgehead atoms. The molecule has 0 amide bonds. The molecule has 1 radical (unpaired) electrons. The molecule has 0 aliphatic heterocycles. The van der Waals surface area contributed by atoms with Crippen LogP contribution in [0.5, 0.6) is 0 Å². The topological polar surface area (TPSA) is 69.6 Å². The first-order chi connectivity index (χ1) is 23.8. The summed E-state index contributed by atoms with van der Waals surface area (Å²) in [6.45, 7) is 0. The summed E-state index contributed by atoms with van der Waals surface area (Å²) in [7, 11) is 0. The molecule has 10 rings (SSSR count). The van der Waals surface area contributed by atoms with Crippen LogP contribution >= 0.6 is 0 Å². The van der Waals surface area contributed by atoms with Crippen molar-refractivity contribution < 1.29 is 24.5 Å². The molecule has 0 saturated heterocycles. The van der Waals surface area contributed by atoms with Crippen LogP contribution in [0.15, 0.2) is 156 Å². The predicted octanol–water partition coefficient (Wildman–Crippen LogP) is 10.0. The monoisotopic (exact) mass is 808 g/mol. The molecule has 6 aromatic carbocycles. The van der Waals surface area contributed by atoms with Crippen LogP contribution in [0, 0.1) is 12.1 Å². The third-order valence-electron chi connectivity index (χ3n) is 8.48. The SMILES string of the molecule is [Ir].[c-]1ccc2c(oc3c4ccccc4ccc23)c1-c1nc2c3ccccc3nnc2n1-c1ccccc1.[c-]1ccccc1-c1ccccn1. The Morgan fingerprint density at radius 1 is 0.571 bits per heavy atom. The van der Waals surface area contributed by atoms with E-state index in [1.165, 1.54) is 0 Å². The number of pyridine rings is 1. The minimum Gasteiger partial charge on any atom is -0.500 e. The molecule has 0 fully saturated rings. The van der Waals surface area contributed by atoms with Crippen molar-refractivity contribution in [2.75, 3.05) is 0 Å². The zero-order valence-electron chi connectivity index (χ0n) is 25.9. The van der Waals surface area contributed by atoms with Crippen molar-refractivity contribution in [1.29, 1.82) is 0 Å². The van der Waals surface area contributed by atoms with Crippen LogP contribution in [0.4, 0.5) is 0 Å². The van der Waals surface area contributed by atoms with E-state index < -0.39 is 0 Å². The number of furan rings is 1. The zero-order valence-corrected chi connectivity index (χ0v) is 28.3. The number of aromatic nitrogens is 5. The van der Waals surface area contributed by atoms with Crippen LogP contribution in [0.1, 0.15) is 0 Å². The second-order valence-corrected chi connectivity index (χ2v) is 11.3. The number of rotatable bonds is 3. The van der Waals surface area contributed by atoms with Crippen molar-refractivity contribution in [2.45, 2.75) is 0 Å². The van der Waals surface area contributed by atoms with Gasteiger partial charge in [0.2, 0.25) is 0 Å². The molecular weight excluding hydrogens is 783 g/mol. The number of para-hydroxylation sites is 1. The molecule has 235 valence electrons. The molecule has 0 unspecified atom stereocenters. The summed E-state index contributed by atoms with van der Waals surface area (Å²) in [5.74, 6) is 0.718. The average molecular weight is 808 g/mol. The molecule has 0 spiro atoms. The first kappa shape index (κ1) is 30.3. The van der Waals surface area contributed by atoms with Gasteiger partial charge in [0, 0.05) is 48.1 Å². The van der Waals surface area contributed by atoms with Crippen molar-refractivity contribution in [3.8, 4) is 28.3 Å². The van der Waals surface area contributed by atoms with E-state index in [0.29, 0.717) is 5.65 Å². The summed E-state index contributed by atoms with van der Waals surface area (Å²) in [5.41, 5.74) is 7.69. The van der Waals surface area contributed by atoms with Crippen LogP contribution < -0.4 is 0 Å². The van der Waals surface area contributed by atoms with E-state index in [4.69, 9.17) is 9.40 Å². The number of benzene rings is 6. The number of hydrogen-bond acceptors (Lipinski definition) is 5. The van der Waals surface area contributed by atoms with Gasteiger partial charge < -0.3 is 14.0 Å². The van der Waals surface area contributed by atoms with Gasteiger partial charge >= 0.3 is 0 Å². The van der Waals surface area contributed by atoms with Crippen LogP contribution in [-0.2, 0) is 20.1 Å². The fourth-order valence-electron chi connectivity index (χ4n) is 6.25. The Balaban J connectivity index is 0.000000228. The third kappa shape index (κ3) is 5.35. The Morgan fingerprint density at radius 3 is 2.18 bits per heavy atom. The van der Waals surface area contributed by atoms with Gasteiger partial charge in [-0.15, -0.1) is 64.3 Å². The third-order valence-corrected chi connectivity index (χ3v) is 8.48. The Bertz CT molecular complexity index is 2690. The summed E-state index contributed by atoms with van der Waals surface area (Å²) in [5, 5.41) is 14.4. The van der Waals surface area contributed by atoms with Crippen LogP contribution in [0.2, 0.25) is 0 Å². The van der Waals surface area contributed by atoms with Gasteiger partial charge in [0.25, 0.3) is 0 Å². The second-order valence-electron chi connectivity index (χ2n) is 11.3. The number of imidazole rings is 1. The number of nitrogens with zero attached hydrogens (tertiary/aromatic N) is 5. The molecule has 6 nitrogen and oxygen atoms in total. The van der Waals surface area contributed by atoms with Crippen LogP contribution in [0.25, 0.3) is 83.1 Å². The van der Waals surface area contributed by atoms with E-state index in [9.17, 15) is 0 Å². The zero-order chi connectivity index (χ0) is 31.9. The van der Waals surface area contributed by atoms with E-state index >= 15 is 0 Å². The standard InChI is InChI=1S/C31H17N4O.C11H8N.Ir/c1-2-10-20(11-3-1)35-30(32-27-24-13-6-7-16-26(24)33-34-31(27)35)25-15-8-14-22-23-18-17-19-9-4-5-12-21(19)28(23)36-29(22)25;1-2-6-10(7-3-1)11-8-4-5-9-12-11;/h1-14,16-18H;1-6,8-9H;/q2*-1;. The van der Waals surface area contributed by atoms with Gasteiger partial charge in [0.15, 0.2) is 5.65 Å². The summed E-state index contributed by atoms with van der Waals surface area (Å²) in [4.78, 5) is 9.36. The summed E-state index contributed by atoms with van der Waals surface area (Å²) in [6.07, 6.45) is 1.79. The van der Waals surface area contributed by atoms with E-state index in [0.717, 1.165) is 77.5 Å². The summed E-state index contributed by atoms with van der Waals surface area (Å²) >= 11 is 0. The van der Waals surface area contributed by atoms with Crippen molar-refractivity contribution >= 4 is 54.8 Å². The van der Waals surface area contributed by atoms with Crippen molar-refractivity contribution in [2.24, 2.45) is 0 Å². The molecule has 0 atom stereocenters. The largest absolute Gasteiger partial charge is 0.500 e. The minimum absolute atomic E-state index is 0. The Hall–Kier alpha value is -6.01. The van der Waals surface area contributed by atoms with Gasteiger partial charge in [0.05, 0.1) is 16.9 Å². The van der Waals surface area contributed by atoms with Gasteiger partial charge in [-0.05, 0) is 35.3 Å². The normalized spacial score (nSPS) is 11.1. The molecule has 7 heteroatoms. The Kier molecular flexibility index (Phi) is 7.98. The van der Waals surface area contributed by atoms with Crippen LogP contribution in [0.3, 0.4) is 0 Å². The van der Waals surface area contributed by atoms with Gasteiger partial charge in [-0.1, -0.05) is 95.9 Å². The van der Waals surface area contributed by atoms with Crippen molar-refractivity contribution in [3.63, 3.8) is 0 Å². The van der Waals surface area contributed by atoms with E-state index in [-0.39, 0.29) is 20.1 Å². The number of hydrogen-bond donors (Lipinski definition) is 0. The van der Waals surface area contributed by atoms with Crippen LogP contribution in [-0.4, -0.2) is 24.7 Å². The number of fused-ring (bicyclic) bond motifs is 8. The maximum atomic E-state index is 6.61. The van der Waals surface area contributed by atoms with E-state index in [1.54, 1.807) is 6.20 Å². The molecule has 0 N–H and O–H groups in total. The fraction of sp³-hybridized carbons (Fsp3) is 0. The van der Waals surface area contributed by atoms with Gasteiger partial charge in [0.1, 0.15) is 11.1 Å².